The van der Waals surface area contributed by atoms with Gasteiger partial charge in [-0.15, -0.1) is 11.3 Å². The van der Waals surface area contributed by atoms with E-state index in [0.29, 0.717) is 0 Å². The van der Waals surface area contributed by atoms with Gasteiger partial charge >= 0.3 is 0 Å². The lowest BCUT2D eigenvalue weighted by molar-refractivity contribution is 0.660. The van der Waals surface area contributed by atoms with Gasteiger partial charge in [-0.2, -0.15) is 0 Å². The lowest BCUT2D eigenvalue weighted by atomic mass is 9.82. The minimum atomic E-state index is -0.109. The van der Waals surface area contributed by atoms with Crippen LogP contribution in [-0.2, 0) is 10.8 Å². The van der Waals surface area contributed by atoms with Crippen molar-refractivity contribution in [2.75, 3.05) is 4.90 Å². The van der Waals surface area contributed by atoms with Gasteiger partial charge in [0.15, 0.2) is 0 Å². The fourth-order valence-corrected chi connectivity index (χ4v) is 11.1. The average molecular weight is 710 g/mol. The average Bonchev–Trinajstić information content (AvgIpc) is 3.79. The third-order valence-corrected chi connectivity index (χ3v) is 13.7. The van der Waals surface area contributed by atoms with Gasteiger partial charge in [0.2, 0.25) is 0 Å². The van der Waals surface area contributed by atoms with Crippen molar-refractivity contribution < 1.29 is 0 Å². The van der Waals surface area contributed by atoms with Gasteiger partial charge in [0.25, 0.3) is 0 Å². The molecule has 0 bridgehead atoms. The van der Waals surface area contributed by atoms with E-state index in [-0.39, 0.29) is 10.8 Å². The van der Waals surface area contributed by atoms with Crippen molar-refractivity contribution in [2.24, 2.45) is 0 Å². The van der Waals surface area contributed by atoms with Crippen molar-refractivity contribution in [1.82, 2.24) is 0 Å². The first-order valence-electron chi connectivity index (χ1n) is 19.0. The highest BCUT2D eigenvalue weighted by Gasteiger charge is 2.38. The van der Waals surface area contributed by atoms with E-state index in [1.807, 2.05) is 11.3 Å². The van der Waals surface area contributed by atoms with Gasteiger partial charge in [0.1, 0.15) is 0 Å². The predicted molar refractivity (Wildman–Crippen MR) is 232 cm³/mol. The Morgan fingerprint density at radius 3 is 1.59 bits per heavy atom. The zero-order chi connectivity index (χ0) is 36.3. The van der Waals surface area contributed by atoms with E-state index in [9.17, 15) is 0 Å². The van der Waals surface area contributed by atoms with Crippen LogP contribution < -0.4 is 4.90 Å². The monoisotopic (exact) mass is 709 g/mol. The van der Waals surface area contributed by atoms with Crippen molar-refractivity contribution >= 4 is 59.3 Å². The van der Waals surface area contributed by atoms with Gasteiger partial charge in [-0.1, -0.05) is 155 Å². The summed E-state index contributed by atoms with van der Waals surface area (Å²) in [7, 11) is 0. The summed E-state index contributed by atoms with van der Waals surface area (Å²) in [6.45, 7) is 9.52. The molecule has 2 aliphatic carbocycles. The molecule has 0 spiro atoms. The second-order valence-electron chi connectivity index (χ2n) is 16.1. The molecule has 11 rings (SSSR count). The highest BCUT2D eigenvalue weighted by molar-refractivity contribution is 7.27. The van der Waals surface area contributed by atoms with Crippen LogP contribution in [0.4, 0.5) is 17.1 Å². The molecule has 0 unspecified atom stereocenters. The van der Waals surface area contributed by atoms with Crippen LogP contribution >= 0.6 is 11.3 Å². The molecule has 258 valence electrons. The molecule has 2 heteroatoms. The van der Waals surface area contributed by atoms with Gasteiger partial charge in [0, 0.05) is 43.2 Å². The number of fused-ring (bicyclic) bond motifs is 11. The van der Waals surface area contributed by atoms with Crippen LogP contribution in [0.5, 0.6) is 0 Å². The van der Waals surface area contributed by atoms with E-state index in [2.05, 4.69) is 196 Å². The zero-order valence-electron chi connectivity index (χ0n) is 30.9. The Kier molecular flexibility index (Phi) is 6.59. The molecule has 1 aromatic heterocycles. The van der Waals surface area contributed by atoms with Gasteiger partial charge < -0.3 is 4.90 Å². The van der Waals surface area contributed by atoms with Crippen LogP contribution in [0.1, 0.15) is 49.9 Å². The molecule has 0 saturated carbocycles. The minimum absolute atomic E-state index is 0.109. The van der Waals surface area contributed by atoms with Gasteiger partial charge in [-0.25, -0.2) is 0 Å². The van der Waals surface area contributed by atoms with Crippen molar-refractivity contribution in [3.05, 3.63) is 186 Å². The summed E-state index contributed by atoms with van der Waals surface area (Å²) in [5.74, 6) is 0. The van der Waals surface area contributed by atoms with E-state index in [1.54, 1.807) is 0 Å². The molecule has 0 atom stereocenters. The van der Waals surface area contributed by atoms with Crippen LogP contribution in [0.3, 0.4) is 0 Å². The summed E-state index contributed by atoms with van der Waals surface area (Å²) in [6, 6.07) is 61.4. The van der Waals surface area contributed by atoms with Gasteiger partial charge in [-0.05, 0) is 97.2 Å². The Labute approximate surface area is 320 Å². The molecular weight excluding hydrogens is 671 g/mol. The SMILES string of the molecule is CC1(C)c2ccccc2-c2ccc(N(c3ccc4c(c3)C(C)(C)c3ccccc3-4)c3cccc4c3sc3c(-c5ccccc5)cc5ccccc5c34)cc21. The molecule has 9 aromatic rings. The Morgan fingerprint density at radius 2 is 0.944 bits per heavy atom. The molecule has 8 aromatic carbocycles. The largest absolute Gasteiger partial charge is 0.309 e. The first-order valence-corrected chi connectivity index (χ1v) is 19.8. The number of anilines is 3. The van der Waals surface area contributed by atoms with Gasteiger partial charge in [0.05, 0.1) is 10.4 Å². The number of nitrogens with zero attached hydrogens (tertiary/aromatic N) is 1. The predicted octanol–water partition coefficient (Wildman–Crippen LogP) is 15.0. The van der Waals surface area contributed by atoms with E-state index in [0.717, 1.165) is 0 Å². The Morgan fingerprint density at radius 1 is 0.407 bits per heavy atom. The molecular formula is C52H39NS. The van der Waals surface area contributed by atoms with Crippen LogP contribution in [0, 0.1) is 0 Å². The van der Waals surface area contributed by atoms with Crippen LogP contribution in [0.25, 0.3) is 64.3 Å². The molecule has 0 aliphatic heterocycles. The quantitative estimate of drug-likeness (QED) is 0.176. The Bertz CT molecular complexity index is 2890. The fraction of sp³-hybridized carbons (Fsp3) is 0.115. The topological polar surface area (TPSA) is 3.24 Å². The van der Waals surface area contributed by atoms with E-state index in [4.69, 9.17) is 0 Å². The number of thiophene rings is 1. The lowest BCUT2D eigenvalue weighted by Crippen LogP contribution is -2.18. The fourth-order valence-electron chi connectivity index (χ4n) is 9.73. The Balaban J connectivity index is 1.20. The number of hydrogen-bond donors (Lipinski definition) is 0. The zero-order valence-corrected chi connectivity index (χ0v) is 31.8. The molecule has 0 fully saturated rings. The summed E-state index contributed by atoms with van der Waals surface area (Å²) < 4.78 is 2.63. The van der Waals surface area contributed by atoms with Crippen molar-refractivity contribution in [1.29, 1.82) is 0 Å². The maximum atomic E-state index is 2.54. The molecule has 1 heterocycles. The minimum Gasteiger partial charge on any atom is -0.309 e. The maximum Gasteiger partial charge on any atom is 0.0640 e. The molecule has 0 N–H and O–H groups in total. The van der Waals surface area contributed by atoms with E-state index in [1.165, 1.54) is 104 Å². The van der Waals surface area contributed by atoms with Crippen LogP contribution in [0.15, 0.2) is 164 Å². The summed E-state index contributed by atoms with van der Waals surface area (Å²) in [4.78, 5) is 2.54. The normalized spacial score (nSPS) is 14.6. The van der Waals surface area contributed by atoms with Gasteiger partial charge in [-0.3, -0.25) is 0 Å². The van der Waals surface area contributed by atoms with Crippen molar-refractivity contribution in [3.63, 3.8) is 0 Å². The second-order valence-corrected chi connectivity index (χ2v) is 17.1. The lowest BCUT2D eigenvalue weighted by Gasteiger charge is -2.30. The van der Waals surface area contributed by atoms with Crippen molar-refractivity contribution in [3.8, 4) is 33.4 Å². The molecule has 0 amide bonds. The standard InChI is InChI=1S/C52H39NS/c1-51(2)43-22-12-10-19-37(43)39-27-25-34(30-45(39)51)53(35-26-28-40-38-20-11-13-23-44(38)52(3,4)46(40)31-35)47-24-14-21-41-48-36-18-9-8-17-33(36)29-42(50(48)54-49(41)47)32-15-6-5-7-16-32/h5-31H,1-4H3. The number of hydrogen-bond acceptors (Lipinski definition) is 2. The number of rotatable bonds is 4. The van der Waals surface area contributed by atoms with E-state index >= 15 is 0 Å². The highest BCUT2D eigenvalue weighted by Crippen LogP contribution is 2.55. The first-order chi connectivity index (χ1) is 26.3. The van der Waals surface area contributed by atoms with Crippen molar-refractivity contribution in [2.45, 2.75) is 38.5 Å². The summed E-state index contributed by atoms with van der Waals surface area (Å²) in [5, 5.41) is 5.21. The van der Waals surface area contributed by atoms with Crippen LogP contribution in [0.2, 0.25) is 0 Å². The van der Waals surface area contributed by atoms with Crippen LogP contribution in [-0.4, -0.2) is 0 Å². The third kappa shape index (κ3) is 4.32. The first kappa shape index (κ1) is 31.6. The third-order valence-electron chi connectivity index (χ3n) is 12.4. The smallest absolute Gasteiger partial charge is 0.0640 e. The summed E-state index contributed by atoms with van der Waals surface area (Å²) >= 11 is 1.93. The maximum absolute atomic E-state index is 2.54. The molecule has 1 nitrogen and oxygen atoms in total. The van der Waals surface area contributed by atoms with E-state index < -0.39 is 0 Å². The molecule has 2 aliphatic rings. The molecule has 0 radical (unpaired) electrons. The second kappa shape index (κ2) is 11.3. The highest BCUT2D eigenvalue weighted by atomic mass is 32.1. The summed E-state index contributed by atoms with van der Waals surface area (Å²) in [6.07, 6.45) is 0. The number of benzene rings is 8. The molecule has 0 saturated heterocycles. The molecule has 54 heavy (non-hydrogen) atoms. The summed E-state index contributed by atoms with van der Waals surface area (Å²) in [5.41, 5.74) is 16.8. The Hall–Kier alpha value is -5.96.